The second-order valence-corrected chi connectivity index (χ2v) is 12.6. The highest BCUT2D eigenvalue weighted by Crippen LogP contribution is 2.55. The highest BCUT2D eigenvalue weighted by atomic mass is 15.1. The van der Waals surface area contributed by atoms with Crippen molar-refractivity contribution in [3.8, 4) is 44.5 Å². The normalized spacial score (nSPS) is 12.7. The highest BCUT2D eigenvalue weighted by Gasteiger charge is 2.38. The van der Waals surface area contributed by atoms with Gasteiger partial charge in [0, 0.05) is 22.4 Å². The molecule has 0 bridgehead atoms. The molecule has 0 amide bonds. The molecule has 0 radical (unpaired) electrons. The zero-order chi connectivity index (χ0) is 31.1. The third-order valence-corrected chi connectivity index (χ3v) is 9.50. The molecule has 0 aliphatic heterocycles. The maximum atomic E-state index is 2.43. The van der Waals surface area contributed by atoms with E-state index in [4.69, 9.17) is 0 Å². The average molecular weight is 590 g/mol. The third kappa shape index (κ3) is 4.73. The van der Waals surface area contributed by atoms with E-state index >= 15 is 0 Å². The van der Waals surface area contributed by atoms with Gasteiger partial charge in [0.25, 0.3) is 0 Å². The first-order valence-corrected chi connectivity index (χ1v) is 16.0. The molecule has 0 heterocycles. The number of benzene rings is 7. The fourth-order valence-corrected chi connectivity index (χ4v) is 7.16. The van der Waals surface area contributed by atoms with E-state index in [0.717, 1.165) is 17.1 Å². The van der Waals surface area contributed by atoms with Crippen molar-refractivity contribution in [3.63, 3.8) is 0 Å². The fraction of sp³-hybridized carbons (Fsp3) is 0.0667. The Bertz CT molecular complexity index is 2040. The Balaban J connectivity index is 1.37. The van der Waals surface area contributed by atoms with Gasteiger partial charge in [-0.15, -0.1) is 0 Å². The summed E-state index contributed by atoms with van der Waals surface area (Å²) < 4.78 is 0. The van der Waals surface area contributed by atoms with Crippen molar-refractivity contribution < 1.29 is 0 Å². The minimum absolute atomic E-state index is 0.0898. The summed E-state index contributed by atoms with van der Waals surface area (Å²) in [6, 6.07) is 63.7. The van der Waals surface area contributed by atoms with Gasteiger partial charge in [0.15, 0.2) is 0 Å². The van der Waals surface area contributed by atoms with Crippen molar-refractivity contribution in [2.45, 2.75) is 19.3 Å². The van der Waals surface area contributed by atoms with E-state index < -0.39 is 0 Å². The Labute approximate surface area is 272 Å². The predicted molar refractivity (Wildman–Crippen MR) is 195 cm³/mol. The van der Waals surface area contributed by atoms with Crippen LogP contribution in [0.2, 0.25) is 0 Å². The topological polar surface area (TPSA) is 3.24 Å². The third-order valence-electron chi connectivity index (χ3n) is 9.50. The van der Waals surface area contributed by atoms with Crippen LogP contribution in [0, 0.1) is 0 Å². The van der Waals surface area contributed by atoms with Gasteiger partial charge in [-0.25, -0.2) is 0 Å². The lowest BCUT2D eigenvalue weighted by molar-refractivity contribution is 0.660. The van der Waals surface area contributed by atoms with Gasteiger partial charge in [-0.05, 0) is 80.4 Å². The van der Waals surface area contributed by atoms with Crippen LogP contribution in [0.15, 0.2) is 176 Å². The van der Waals surface area contributed by atoms with Gasteiger partial charge >= 0.3 is 0 Å². The zero-order valence-corrected chi connectivity index (χ0v) is 26.2. The molecular weight excluding hydrogens is 555 g/mol. The molecule has 1 nitrogen and oxygen atoms in total. The maximum Gasteiger partial charge on any atom is 0.0546 e. The van der Waals surface area contributed by atoms with Crippen LogP contribution in [0.5, 0.6) is 0 Å². The number of hydrogen-bond acceptors (Lipinski definition) is 1. The molecule has 0 saturated carbocycles. The molecule has 1 aliphatic carbocycles. The van der Waals surface area contributed by atoms with E-state index in [9.17, 15) is 0 Å². The molecule has 0 fully saturated rings. The van der Waals surface area contributed by atoms with Crippen molar-refractivity contribution in [1.82, 2.24) is 0 Å². The van der Waals surface area contributed by atoms with Crippen LogP contribution in [0.4, 0.5) is 17.1 Å². The van der Waals surface area contributed by atoms with E-state index in [1.165, 1.54) is 55.6 Å². The monoisotopic (exact) mass is 589 g/mol. The van der Waals surface area contributed by atoms with Gasteiger partial charge < -0.3 is 4.90 Å². The van der Waals surface area contributed by atoms with Gasteiger partial charge in [-0.2, -0.15) is 0 Å². The van der Waals surface area contributed by atoms with Crippen molar-refractivity contribution in [3.05, 3.63) is 187 Å². The second-order valence-electron chi connectivity index (χ2n) is 12.6. The zero-order valence-electron chi connectivity index (χ0n) is 26.2. The van der Waals surface area contributed by atoms with Crippen LogP contribution in [0.25, 0.3) is 44.5 Å². The molecular formula is C45H35N. The summed E-state index contributed by atoms with van der Waals surface area (Å²) in [7, 11) is 0. The minimum atomic E-state index is -0.0898. The summed E-state index contributed by atoms with van der Waals surface area (Å²) in [4.78, 5) is 2.43. The van der Waals surface area contributed by atoms with Crippen LogP contribution >= 0.6 is 0 Å². The van der Waals surface area contributed by atoms with Crippen molar-refractivity contribution in [2.75, 3.05) is 4.90 Å². The molecule has 0 saturated heterocycles. The van der Waals surface area contributed by atoms with Crippen LogP contribution in [0.3, 0.4) is 0 Å². The largest absolute Gasteiger partial charge is 0.310 e. The molecule has 1 heteroatoms. The summed E-state index contributed by atoms with van der Waals surface area (Å²) in [6.45, 7) is 4.71. The molecule has 46 heavy (non-hydrogen) atoms. The quantitative estimate of drug-likeness (QED) is 0.186. The van der Waals surface area contributed by atoms with Gasteiger partial charge in [0.1, 0.15) is 0 Å². The maximum absolute atomic E-state index is 2.43. The number of rotatable bonds is 6. The molecule has 7 aromatic rings. The highest BCUT2D eigenvalue weighted by molar-refractivity contribution is 6.01. The molecule has 220 valence electrons. The lowest BCUT2D eigenvalue weighted by atomic mass is 9.81. The molecule has 0 N–H and O–H groups in total. The van der Waals surface area contributed by atoms with Crippen LogP contribution in [-0.2, 0) is 5.41 Å². The van der Waals surface area contributed by atoms with Gasteiger partial charge in [0.05, 0.1) is 5.69 Å². The fourth-order valence-electron chi connectivity index (χ4n) is 7.16. The first-order chi connectivity index (χ1) is 22.6. The van der Waals surface area contributed by atoms with Crippen molar-refractivity contribution in [2.24, 2.45) is 0 Å². The van der Waals surface area contributed by atoms with Crippen LogP contribution in [0.1, 0.15) is 25.0 Å². The first-order valence-electron chi connectivity index (χ1n) is 16.0. The summed E-state index contributed by atoms with van der Waals surface area (Å²) in [5, 5.41) is 0. The predicted octanol–water partition coefficient (Wildman–Crippen LogP) is 12.5. The lowest BCUT2D eigenvalue weighted by Crippen LogP contribution is -2.16. The summed E-state index contributed by atoms with van der Waals surface area (Å²) in [5.41, 5.74) is 16.0. The van der Waals surface area contributed by atoms with Gasteiger partial charge in [-0.1, -0.05) is 159 Å². The standard InChI is InChI=1S/C45H35N/c1-45(2)40-21-13-12-20-39(40)44-41(45)30-31-42(43(44)36-18-10-5-11-19-36)46(37-26-22-34(23-27-37)32-14-6-3-7-15-32)38-28-24-35(25-29-38)33-16-8-4-9-17-33/h3-31H,1-2H3. The van der Waals surface area contributed by atoms with Gasteiger partial charge in [-0.3, -0.25) is 0 Å². The van der Waals surface area contributed by atoms with Gasteiger partial charge in [0.2, 0.25) is 0 Å². The number of nitrogens with zero attached hydrogens (tertiary/aromatic N) is 1. The second kappa shape index (κ2) is 11.4. The minimum Gasteiger partial charge on any atom is -0.310 e. The van der Waals surface area contributed by atoms with Crippen LogP contribution in [-0.4, -0.2) is 0 Å². The van der Waals surface area contributed by atoms with E-state index in [-0.39, 0.29) is 5.41 Å². The summed E-state index contributed by atoms with van der Waals surface area (Å²) in [6.07, 6.45) is 0. The summed E-state index contributed by atoms with van der Waals surface area (Å²) >= 11 is 0. The molecule has 0 spiro atoms. The molecule has 7 aromatic carbocycles. The molecule has 0 unspecified atom stereocenters. The Hall–Kier alpha value is -5.66. The molecule has 0 aromatic heterocycles. The van der Waals surface area contributed by atoms with Crippen molar-refractivity contribution >= 4 is 17.1 Å². The van der Waals surface area contributed by atoms with E-state index in [2.05, 4.69) is 195 Å². The molecule has 8 rings (SSSR count). The number of anilines is 3. The van der Waals surface area contributed by atoms with Crippen molar-refractivity contribution in [1.29, 1.82) is 0 Å². The smallest absolute Gasteiger partial charge is 0.0546 e. The Morgan fingerprint density at radius 1 is 0.348 bits per heavy atom. The Kier molecular flexibility index (Phi) is 6.88. The summed E-state index contributed by atoms with van der Waals surface area (Å²) in [5.74, 6) is 0. The van der Waals surface area contributed by atoms with E-state index in [0.29, 0.717) is 0 Å². The molecule has 1 aliphatic rings. The van der Waals surface area contributed by atoms with E-state index in [1.54, 1.807) is 0 Å². The van der Waals surface area contributed by atoms with E-state index in [1.807, 2.05) is 0 Å². The Morgan fingerprint density at radius 3 is 1.30 bits per heavy atom. The SMILES string of the molecule is CC1(C)c2ccccc2-c2c1ccc(N(c1ccc(-c3ccccc3)cc1)c1ccc(-c3ccccc3)cc1)c2-c1ccccc1. The number of fused-ring (bicyclic) bond motifs is 3. The average Bonchev–Trinajstić information content (AvgIpc) is 3.36. The Morgan fingerprint density at radius 2 is 0.783 bits per heavy atom. The first kappa shape index (κ1) is 27.9. The number of hydrogen-bond donors (Lipinski definition) is 0. The molecule has 0 atom stereocenters. The lowest BCUT2D eigenvalue weighted by Gasteiger charge is -2.30. The van der Waals surface area contributed by atoms with Crippen LogP contribution < -0.4 is 4.90 Å².